The van der Waals surface area contributed by atoms with E-state index in [-0.39, 0.29) is 0 Å². The van der Waals surface area contributed by atoms with Crippen molar-refractivity contribution < 1.29 is 0 Å². The summed E-state index contributed by atoms with van der Waals surface area (Å²) in [6.07, 6.45) is 0. The lowest BCUT2D eigenvalue weighted by molar-refractivity contribution is 0.305. The van der Waals surface area contributed by atoms with Gasteiger partial charge in [-0.3, -0.25) is 9.88 Å². The van der Waals surface area contributed by atoms with Crippen LogP contribution in [-0.4, -0.2) is 36.1 Å². The SMILES string of the molecule is Cc1cccc(CN(C)CCNC(C)C(C)C)n1. The van der Waals surface area contributed by atoms with E-state index in [2.05, 4.69) is 55.2 Å². The zero-order chi connectivity index (χ0) is 13.5. The normalized spacial score (nSPS) is 13.3. The van der Waals surface area contributed by atoms with Crippen molar-refractivity contribution in [3.8, 4) is 0 Å². The summed E-state index contributed by atoms with van der Waals surface area (Å²) in [5.74, 6) is 0.689. The molecule has 1 aromatic heterocycles. The topological polar surface area (TPSA) is 28.2 Å². The van der Waals surface area contributed by atoms with Crippen LogP contribution in [0.1, 0.15) is 32.2 Å². The maximum atomic E-state index is 4.52. The highest BCUT2D eigenvalue weighted by Gasteiger charge is 2.06. The molecule has 18 heavy (non-hydrogen) atoms. The summed E-state index contributed by atoms with van der Waals surface area (Å²) in [6, 6.07) is 6.78. The maximum absolute atomic E-state index is 4.52. The second-order valence-corrected chi connectivity index (χ2v) is 5.49. The Balaban J connectivity index is 2.27. The van der Waals surface area contributed by atoms with E-state index in [1.807, 2.05) is 13.0 Å². The molecule has 0 aliphatic rings. The van der Waals surface area contributed by atoms with E-state index in [1.165, 1.54) is 0 Å². The van der Waals surface area contributed by atoms with Crippen molar-refractivity contribution in [2.24, 2.45) is 5.92 Å². The molecule has 1 aromatic rings. The second-order valence-electron chi connectivity index (χ2n) is 5.49. The fourth-order valence-corrected chi connectivity index (χ4v) is 1.76. The Labute approximate surface area is 112 Å². The maximum Gasteiger partial charge on any atom is 0.0547 e. The van der Waals surface area contributed by atoms with E-state index in [9.17, 15) is 0 Å². The molecular formula is C15H27N3. The Bertz CT molecular complexity index is 349. The number of rotatable bonds is 7. The molecule has 0 aliphatic carbocycles. The highest BCUT2D eigenvalue weighted by molar-refractivity contribution is 5.09. The van der Waals surface area contributed by atoms with E-state index in [0.29, 0.717) is 12.0 Å². The summed E-state index contributed by atoms with van der Waals surface area (Å²) in [5.41, 5.74) is 2.24. The molecule has 0 amide bonds. The van der Waals surface area contributed by atoms with Crippen LogP contribution in [0, 0.1) is 12.8 Å². The Kier molecular flexibility index (Phi) is 6.30. The number of hydrogen-bond donors (Lipinski definition) is 1. The van der Waals surface area contributed by atoms with Crippen LogP contribution < -0.4 is 5.32 Å². The highest BCUT2D eigenvalue weighted by atomic mass is 15.1. The molecule has 3 nitrogen and oxygen atoms in total. The first-order chi connectivity index (χ1) is 8.49. The van der Waals surface area contributed by atoms with Crippen molar-refractivity contribution in [1.82, 2.24) is 15.2 Å². The van der Waals surface area contributed by atoms with Gasteiger partial charge in [-0.15, -0.1) is 0 Å². The minimum absolute atomic E-state index is 0.579. The minimum atomic E-state index is 0.579. The molecule has 0 radical (unpaired) electrons. The average Bonchev–Trinajstić information content (AvgIpc) is 2.28. The van der Waals surface area contributed by atoms with Gasteiger partial charge in [-0.2, -0.15) is 0 Å². The van der Waals surface area contributed by atoms with Gasteiger partial charge >= 0.3 is 0 Å². The van der Waals surface area contributed by atoms with Crippen LogP contribution in [0.3, 0.4) is 0 Å². The van der Waals surface area contributed by atoms with Crippen LogP contribution in [0.25, 0.3) is 0 Å². The number of aryl methyl sites for hydroxylation is 1. The van der Waals surface area contributed by atoms with E-state index >= 15 is 0 Å². The van der Waals surface area contributed by atoms with Crippen molar-refractivity contribution in [3.63, 3.8) is 0 Å². The number of nitrogens with zero attached hydrogens (tertiary/aromatic N) is 2. The van der Waals surface area contributed by atoms with Crippen molar-refractivity contribution in [3.05, 3.63) is 29.6 Å². The number of hydrogen-bond acceptors (Lipinski definition) is 3. The van der Waals surface area contributed by atoms with E-state index < -0.39 is 0 Å². The molecule has 0 aromatic carbocycles. The highest BCUT2D eigenvalue weighted by Crippen LogP contribution is 2.02. The molecule has 0 aliphatic heterocycles. The van der Waals surface area contributed by atoms with Crippen LogP contribution in [0.15, 0.2) is 18.2 Å². The van der Waals surface area contributed by atoms with Gasteiger partial charge in [0.2, 0.25) is 0 Å². The molecule has 1 rings (SSSR count). The first-order valence-electron chi connectivity index (χ1n) is 6.83. The zero-order valence-electron chi connectivity index (χ0n) is 12.4. The Morgan fingerprint density at radius 2 is 2.00 bits per heavy atom. The number of pyridine rings is 1. The molecule has 1 atom stereocenters. The third kappa shape index (κ3) is 5.61. The monoisotopic (exact) mass is 249 g/mol. The summed E-state index contributed by atoms with van der Waals surface area (Å²) in [6.45, 7) is 11.8. The zero-order valence-corrected chi connectivity index (χ0v) is 12.4. The predicted molar refractivity (Wildman–Crippen MR) is 77.6 cm³/mol. The predicted octanol–water partition coefficient (Wildman–Crippen LogP) is 2.46. The van der Waals surface area contributed by atoms with Crippen LogP contribution in [-0.2, 0) is 6.54 Å². The van der Waals surface area contributed by atoms with Gasteiger partial charge in [0.05, 0.1) is 5.69 Å². The Morgan fingerprint density at radius 1 is 1.28 bits per heavy atom. The number of aromatic nitrogens is 1. The lowest BCUT2D eigenvalue weighted by atomic mass is 10.1. The third-order valence-corrected chi connectivity index (χ3v) is 3.34. The van der Waals surface area contributed by atoms with Crippen molar-refractivity contribution in [2.75, 3.05) is 20.1 Å². The molecule has 0 spiro atoms. The Hall–Kier alpha value is -0.930. The molecule has 1 N–H and O–H groups in total. The summed E-state index contributed by atoms with van der Waals surface area (Å²) in [7, 11) is 2.14. The number of nitrogens with one attached hydrogen (secondary N) is 1. The lowest BCUT2D eigenvalue weighted by Gasteiger charge is -2.21. The van der Waals surface area contributed by atoms with Crippen molar-refractivity contribution in [1.29, 1.82) is 0 Å². The fourth-order valence-electron chi connectivity index (χ4n) is 1.76. The molecule has 0 bridgehead atoms. The molecule has 1 unspecified atom stereocenters. The standard InChI is InChI=1S/C15H27N3/c1-12(2)14(4)16-9-10-18(5)11-15-8-6-7-13(3)17-15/h6-8,12,14,16H,9-11H2,1-5H3. The minimum Gasteiger partial charge on any atom is -0.313 e. The molecule has 0 saturated carbocycles. The Morgan fingerprint density at radius 3 is 2.61 bits per heavy atom. The largest absolute Gasteiger partial charge is 0.313 e. The molecule has 102 valence electrons. The van der Waals surface area contributed by atoms with E-state index in [4.69, 9.17) is 0 Å². The van der Waals surface area contributed by atoms with Gasteiger partial charge in [0.1, 0.15) is 0 Å². The molecule has 0 saturated heterocycles. The first-order valence-corrected chi connectivity index (χ1v) is 6.83. The van der Waals surface area contributed by atoms with Gasteiger partial charge in [-0.1, -0.05) is 19.9 Å². The van der Waals surface area contributed by atoms with Gasteiger partial charge < -0.3 is 5.32 Å². The van der Waals surface area contributed by atoms with Gasteiger partial charge in [0.15, 0.2) is 0 Å². The van der Waals surface area contributed by atoms with Crippen LogP contribution in [0.5, 0.6) is 0 Å². The van der Waals surface area contributed by atoms with Crippen molar-refractivity contribution in [2.45, 2.75) is 40.3 Å². The van der Waals surface area contributed by atoms with Gasteiger partial charge in [0.25, 0.3) is 0 Å². The first kappa shape index (κ1) is 15.1. The fraction of sp³-hybridized carbons (Fsp3) is 0.667. The lowest BCUT2D eigenvalue weighted by Crippen LogP contribution is -2.36. The van der Waals surface area contributed by atoms with Crippen LogP contribution in [0.2, 0.25) is 0 Å². The summed E-state index contributed by atoms with van der Waals surface area (Å²) in [4.78, 5) is 6.83. The second kappa shape index (κ2) is 7.49. The van der Waals surface area contributed by atoms with Gasteiger partial charge in [-0.25, -0.2) is 0 Å². The van der Waals surface area contributed by atoms with E-state index in [1.54, 1.807) is 0 Å². The van der Waals surface area contributed by atoms with E-state index in [0.717, 1.165) is 31.0 Å². The summed E-state index contributed by atoms with van der Waals surface area (Å²) < 4.78 is 0. The van der Waals surface area contributed by atoms with Crippen molar-refractivity contribution >= 4 is 0 Å². The van der Waals surface area contributed by atoms with Gasteiger partial charge in [0, 0.05) is 31.4 Å². The summed E-state index contributed by atoms with van der Waals surface area (Å²) >= 11 is 0. The molecular weight excluding hydrogens is 222 g/mol. The molecule has 1 heterocycles. The van der Waals surface area contributed by atoms with Crippen LogP contribution in [0.4, 0.5) is 0 Å². The summed E-state index contributed by atoms with van der Waals surface area (Å²) in [5, 5.41) is 3.55. The average molecular weight is 249 g/mol. The number of likely N-dealkylation sites (N-methyl/N-ethyl adjacent to an activating group) is 1. The molecule has 3 heteroatoms. The van der Waals surface area contributed by atoms with Crippen LogP contribution >= 0.6 is 0 Å². The quantitative estimate of drug-likeness (QED) is 0.804. The third-order valence-electron chi connectivity index (χ3n) is 3.34. The molecule has 0 fully saturated rings. The van der Waals surface area contributed by atoms with Gasteiger partial charge in [-0.05, 0) is 38.9 Å². The smallest absolute Gasteiger partial charge is 0.0547 e.